The first-order chi connectivity index (χ1) is 8.01. The third-order valence-electron chi connectivity index (χ3n) is 2.59. The SMILES string of the molecule is CCC(O)(COC)c1cncc(OC(C)C)c1. The molecule has 1 atom stereocenters. The molecular formula is C13H21NO3. The number of aliphatic hydroxyl groups is 1. The van der Waals surface area contributed by atoms with Crippen LogP contribution in [0, 0.1) is 0 Å². The number of aromatic nitrogens is 1. The van der Waals surface area contributed by atoms with E-state index in [4.69, 9.17) is 9.47 Å². The Morgan fingerprint density at radius 2 is 2.12 bits per heavy atom. The quantitative estimate of drug-likeness (QED) is 0.826. The van der Waals surface area contributed by atoms with E-state index in [0.717, 1.165) is 5.56 Å². The van der Waals surface area contributed by atoms with Crippen molar-refractivity contribution in [3.8, 4) is 5.75 Å². The predicted octanol–water partition coefficient (Wildman–Crippen LogP) is 2.11. The zero-order valence-electron chi connectivity index (χ0n) is 10.9. The van der Waals surface area contributed by atoms with Gasteiger partial charge in [-0.1, -0.05) is 6.92 Å². The third kappa shape index (κ3) is 3.68. The largest absolute Gasteiger partial charge is 0.489 e. The number of rotatable bonds is 6. The van der Waals surface area contributed by atoms with E-state index in [9.17, 15) is 5.11 Å². The lowest BCUT2D eigenvalue weighted by Gasteiger charge is -2.26. The van der Waals surface area contributed by atoms with Gasteiger partial charge in [0.25, 0.3) is 0 Å². The van der Waals surface area contributed by atoms with Gasteiger partial charge in [-0.3, -0.25) is 4.98 Å². The number of methoxy groups -OCH3 is 1. The van der Waals surface area contributed by atoms with Crippen molar-refractivity contribution in [3.05, 3.63) is 24.0 Å². The molecule has 0 fully saturated rings. The van der Waals surface area contributed by atoms with Crippen molar-refractivity contribution in [1.82, 2.24) is 4.98 Å². The van der Waals surface area contributed by atoms with Gasteiger partial charge in [0, 0.05) is 18.9 Å². The van der Waals surface area contributed by atoms with Gasteiger partial charge in [0.1, 0.15) is 11.4 Å². The predicted molar refractivity (Wildman–Crippen MR) is 66.1 cm³/mol. The van der Waals surface area contributed by atoms with E-state index in [1.165, 1.54) is 0 Å². The van der Waals surface area contributed by atoms with Crippen molar-refractivity contribution < 1.29 is 14.6 Å². The summed E-state index contributed by atoms with van der Waals surface area (Å²) in [5.74, 6) is 0.667. The number of nitrogens with zero attached hydrogens (tertiary/aromatic N) is 1. The van der Waals surface area contributed by atoms with Crippen LogP contribution < -0.4 is 4.74 Å². The molecule has 0 bridgehead atoms. The number of ether oxygens (including phenoxy) is 2. The highest BCUT2D eigenvalue weighted by Crippen LogP contribution is 2.27. The molecule has 0 aliphatic heterocycles. The summed E-state index contributed by atoms with van der Waals surface area (Å²) < 4.78 is 10.6. The minimum absolute atomic E-state index is 0.0872. The van der Waals surface area contributed by atoms with Crippen LogP contribution in [-0.2, 0) is 10.3 Å². The summed E-state index contributed by atoms with van der Waals surface area (Å²) in [4.78, 5) is 4.09. The summed E-state index contributed by atoms with van der Waals surface area (Å²) in [6, 6.07) is 1.82. The van der Waals surface area contributed by atoms with Crippen LogP contribution in [0.25, 0.3) is 0 Å². The second-order valence-corrected chi connectivity index (χ2v) is 4.39. The smallest absolute Gasteiger partial charge is 0.138 e. The van der Waals surface area contributed by atoms with Crippen LogP contribution in [0.2, 0.25) is 0 Å². The Bertz CT molecular complexity index is 354. The van der Waals surface area contributed by atoms with Gasteiger partial charge < -0.3 is 14.6 Å². The summed E-state index contributed by atoms with van der Waals surface area (Å²) >= 11 is 0. The van der Waals surface area contributed by atoms with Crippen molar-refractivity contribution in [2.45, 2.75) is 38.9 Å². The molecular weight excluding hydrogens is 218 g/mol. The van der Waals surface area contributed by atoms with Crippen LogP contribution in [0.3, 0.4) is 0 Å². The Balaban J connectivity index is 2.96. The fourth-order valence-corrected chi connectivity index (χ4v) is 1.64. The molecule has 0 saturated heterocycles. The van der Waals surface area contributed by atoms with Gasteiger partial charge >= 0.3 is 0 Å². The first kappa shape index (κ1) is 13.9. The summed E-state index contributed by atoms with van der Waals surface area (Å²) in [6.07, 6.45) is 3.94. The maximum absolute atomic E-state index is 10.4. The van der Waals surface area contributed by atoms with Gasteiger partial charge in [-0.15, -0.1) is 0 Å². The summed E-state index contributed by atoms with van der Waals surface area (Å²) in [5, 5.41) is 10.4. The van der Waals surface area contributed by atoms with Crippen LogP contribution in [0.1, 0.15) is 32.8 Å². The summed E-state index contributed by atoms with van der Waals surface area (Å²) in [5.41, 5.74) is -0.280. The van der Waals surface area contributed by atoms with Crippen molar-refractivity contribution in [2.24, 2.45) is 0 Å². The van der Waals surface area contributed by atoms with Gasteiger partial charge in [0.15, 0.2) is 0 Å². The molecule has 1 unspecified atom stereocenters. The van der Waals surface area contributed by atoms with Crippen LogP contribution in [0.15, 0.2) is 18.5 Å². The lowest BCUT2D eigenvalue weighted by atomic mass is 9.93. The van der Waals surface area contributed by atoms with Gasteiger partial charge in [-0.05, 0) is 26.3 Å². The van der Waals surface area contributed by atoms with Crippen LogP contribution in [-0.4, -0.2) is 29.9 Å². The maximum Gasteiger partial charge on any atom is 0.138 e. The first-order valence-electron chi connectivity index (χ1n) is 5.85. The third-order valence-corrected chi connectivity index (χ3v) is 2.59. The van der Waals surface area contributed by atoms with Gasteiger partial charge in [0.05, 0.1) is 18.9 Å². The summed E-state index contributed by atoms with van der Waals surface area (Å²) in [7, 11) is 1.57. The molecule has 0 aromatic carbocycles. The van der Waals surface area contributed by atoms with Crippen molar-refractivity contribution in [3.63, 3.8) is 0 Å². The molecule has 96 valence electrons. The molecule has 1 aromatic rings. The minimum Gasteiger partial charge on any atom is -0.489 e. The highest BCUT2D eigenvalue weighted by Gasteiger charge is 2.28. The average molecular weight is 239 g/mol. The molecule has 17 heavy (non-hydrogen) atoms. The zero-order chi connectivity index (χ0) is 12.9. The van der Waals surface area contributed by atoms with Crippen molar-refractivity contribution >= 4 is 0 Å². The van der Waals surface area contributed by atoms with E-state index in [0.29, 0.717) is 12.2 Å². The van der Waals surface area contributed by atoms with Crippen LogP contribution >= 0.6 is 0 Å². The average Bonchev–Trinajstić information content (AvgIpc) is 2.28. The molecule has 0 aliphatic rings. The molecule has 0 saturated carbocycles. The molecule has 1 N–H and O–H groups in total. The standard InChI is InChI=1S/C13H21NO3/c1-5-13(15,9-16-4)11-6-12(8-14-7-11)17-10(2)3/h6-8,10,15H,5,9H2,1-4H3. The molecule has 1 rings (SSSR count). The minimum atomic E-state index is -1.00. The molecule has 1 aromatic heterocycles. The lowest BCUT2D eigenvalue weighted by Crippen LogP contribution is -2.30. The van der Waals surface area contributed by atoms with Gasteiger partial charge in [-0.2, -0.15) is 0 Å². The van der Waals surface area contributed by atoms with E-state index in [1.807, 2.05) is 26.8 Å². The molecule has 0 radical (unpaired) electrons. The lowest BCUT2D eigenvalue weighted by molar-refractivity contribution is -0.0390. The molecule has 1 heterocycles. The Kier molecular flexibility index (Phi) is 4.90. The number of pyridine rings is 1. The van der Waals surface area contributed by atoms with Crippen LogP contribution in [0.5, 0.6) is 5.75 Å². The maximum atomic E-state index is 10.4. The first-order valence-corrected chi connectivity index (χ1v) is 5.85. The van der Waals surface area contributed by atoms with Crippen LogP contribution in [0.4, 0.5) is 0 Å². The fourth-order valence-electron chi connectivity index (χ4n) is 1.64. The van der Waals surface area contributed by atoms with E-state index >= 15 is 0 Å². The molecule has 0 aliphatic carbocycles. The highest BCUT2D eigenvalue weighted by atomic mass is 16.5. The molecule has 4 nitrogen and oxygen atoms in total. The van der Waals surface area contributed by atoms with E-state index in [1.54, 1.807) is 19.5 Å². The van der Waals surface area contributed by atoms with E-state index in [-0.39, 0.29) is 12.7 Å². The van der Waals surface area contributed by atoms with Crippen molar-refractivity contribution in [2.75, 3.05) is 13.7 Å². The second-order valence-electron chi connectivity index (χ2n) is 4.39. The summed E-state index contributed by atoms with van der Waals surface area (Å²) in [6.45, 7) is 6.06. The Hall–Kier alpha value is -1.13. The Morgan fingerprint density at radius 1 is 1.41 bits per heavy atom. The van der Waals surface area contributed by atoms with Gasteiger partial charge in [-0.25, -0.2) is 0 Å². The molecule has 0 amide bonds. The number of hydrogen-bond donors (Lipinski definition) is 1. The van der Waals surface area contributed by atoms with Crippen molar-refractivity contribution in [1.29, 1.82) is 0 Å². The fraction of sp³-hybridized carbons (Fsp3) is 0.615. The zero-order valence-corrected chi connectivity index (χ0v) is 10.9. The topological polar surface area (TPSA) is 51.6 Å². The van der Waals surface area contributed by atoms with E-state index < -0.39 is 5.60 Å². The van der Waals surface area contributed by atoms with E-state index in [2.05, 4.69) is 4.98 Å². The number of hydrogen-bond acceptors (Lipinski definition) is 4. The monoisotopic (exact) mass is 239 g/mol. The highest BCUT2D eigenvalue weighted by molar-refractivity contribution is 5.28. The molecule has 0 spiro atoms. The Labute approximate surface area is 103 Å². The van der Waals surface area contributed by atoms with Gasteiger partial charge in [0.2, 0.25) is 0 Å². The molecule has 4 heteroatoms. The Morgan fingerprint density at radius 3 is 2.65 bits per heavy atom. The normalized spacial score (nSPS) is 14.7. The second kappa shape index (κ2) is 5.98.